The summed E-state index contributed by atoms with van der Waals surface area (Å²) in [7, 11) is 1.60. The van der Waals surface area contributed by atoms with Crippen LogP contribution in [0.5, 0.6) is 5.75 Å². The molecule has 2 aliphatic rings. The topological polar surface area (TPSA) is 123 Å². The number of hydrogen-bond acceptors (Lipinski definition) is 7. The van der Waals surface area contributed by atoms with E-state index in [2.05, 4.69) is 36.4 Å². The fraction of sp³-hybridized carbons (Fsp3) is 0.389. The zero-order chi connectivity index (χ0) is 19.1. The highest BCUT2D eigenvalue weighted by atomic mass is 16.5. The maximum absolute atomic E-state index is 12.8. The Hall–Kier alpha value is -3.27. The van der Waals surface area contributed by atoms with Gasteiger partial charge in [-0.3, -0.25) is 9.89 Å². The molecule has 1 aromatic carbocycles. The van der Waals surface area contributed by atoms with E-state index in [1.807, 2.05) is 6.07 Å². The van der Waals surface area contributed by atoms with Crippen LogP contribution in [0.25, 0.3) is 5.69 Å². The van der Waals surface area contributed by atoms with Crippen molar-refractivity contribution in [3.05, 3.63) is 41.0 Å². The average Bonchev–Trinajstić information content (AvgIpc) is 3.28. The predicted molar refractivity (Wildman–Crippen MR) is 99.6 cm³/mol. The molecule has 1 aliphatic heterocycles. The van der Waals surface area contributed by atoms with Gasteiger partial charge in [-0.2, -0.15) is 9.78 Å². The predicted octanol–water partition coefficient (Wildman–Crippen LogP) is 1.17. The molecule has 1 fully saturated rings. The molecular formula is C18H20N8O2. The summed E-state index contributed by atoms with van der Waals surface area (Å²) in [6.45, 7) is 1.52. The number of aromatic amines is 1. The van der Waals surface area contributed by atoms with E-state index < -0.39 is 0 Å². The number of H-pyrrole nitrogens is 1. The van der Waals surface area contributed by atoms with Crippen LogP contribution in [0.3, 0.4) is 0 Å². The number of rotatable bonds is 5. The van der Waals surface area contributed by atoms with Crippen molar-refractivity contribution in [2.75, 3.05) is 19.0 Å². The second-order valence-corrected chi connectivity index (χ2v) is 7.02. The molecule has 0 spiro atoms. The molecule has 3 aromatic rings. The van der Waals surface area contributed by atoms with E-state index >= 15 is 0 Å². The number of amides is 1. The molecule has 3 heterocycles. The Morgan fingerprint density at radius 3 is 3.07 bits per heavy atom. The molecule has 10 nitrogen and oxygen atoms in total. The summed E-state index contributed by atoms with van der Waals surface area (Å²) in [5.74, 6) is 1.57. The smallest absolute Gasteiger partial charge is 0.276 e. The molecule has 1 amide bonds. The molecule has 2 aromatic heterocycles. The third-order valence-corrected chi connectivity index (χ3v) is 5.12. The van der Waals surface area contributed by atoms with Crippen molar-refractivity contribution < 1.29 is 9.53 Å². The molecule has 5 rings (SSSR count). The van der Waals surface area contributed by atoms with Crippen LogP contribution >= 0.6 is 0 Å². The quantitative estimate of drug-likeness (QED) is 0.607. The summed E-state index contributed by atoms with van der Waals surface area (Å²) >= 11 is 0. The van der Waals surface area contributed by atoms with Gasteiger partial charge in [-0.05, 0) is 41.5 Å². The van der Waals surface area contributed by atoms with Gasteiger partial charge >= 0.3 is 0 Å². The number of tetrazole rings is 1. The van der Waals surface area contributed by atoms with Gasteiger partial charge in [-0.1, -0.05) is 0 Å². The molecule has 1 aliphatic carbocycles. The molecular weight excluding hydrogens is 360 g/mol. The van der Waals surface area contributed by atoms with E-state index in [4.69, 9.17) is 4.74 Å². The number of anilines is 1. The van der Waals surface area contributed by atoms with Gasteiger partial charge in [-0.15, -0.1) is 5.10 Å². The van der Waals surface area contributed by atoms with Crippen LogP contribution in [0.15, 0.2) is 18.2 Å². The lowest BCUT2D eigenvalue weighted by molar-refractivity contribution is 0.102. The number of nitrogens with one attached hydrogen (secondary N) is 3. The first-order chi connectivity index (χ1) is 13.7. The van der Waals surface area contributed by atoms with Gasteiger partial charge in [0.25, 0.3) is 5.91 Å². The number of methoxy groups -OCH3 is 1. The zero-order valence-electron chi connectivity index (χ0n) is 15.4. The number of ether oxygens (including phenoxy) is 1. The monoisotopic (exact) mass is 380 g/mol. The van der Waals surface area contributed by atoms with Gasteiger partial charge in [0.05, 0.1) is 7.11 Å². The second kappa shape index (κ2) is 6.71. The Bertz CT molecular complexity index is 1040. The van der Waals surface area contributed by atoms with E-state index in [0.717, 1.165) is 42.9 Å². The van der Waals surface area contributed by atoms with Gasteiger partial charge in [0.15, 0.2) is 11.5 Å². The van der Waals surface area contributed by atoms with Gasteiger partial charge in [-0.25, -0.2) is 0 Å². The number of carbonyl (C=O) groups excluding carboxylic acids is 1. The SMILES string of the molecule is COc1ccc(NC(=O)c2n[nH]c3c2CNCC3)cc1-n1nnnc1C1CC1. The minimum Gasteiger partial charge on any atom is -0.494 e. The van der Waals surface area contributed by atoms with Gasteiger partial charge in [0, 0.05) is 42.4 Å². The Morgan fingerprint density at radius 2 is 2.25 bits per heavy atom. The van der Waals surface area contributed by atoms with E-state index in [1.165, 1.54) is 0 Å². The van der Waals surface area contributed by atoms with Crippen LogP contribution < -0.4 is 15.4 Å². The number of benzene rings is 1. The number of carbonyl (C=O) groups is 1. The highest BCUT2D eigenvalue weighted by Crippen LogP contribution is 2.40. The van der Waals surface area contributed by atoms with Crippen molar-refractivity contribution >= 4 is 11.6 Å². The Balaban J connectivity index is 1.45. The van der Waals surface area contributed by atoms with Crippen molar-refractivity contribution in [3.8, 4) is 11.4 Å². The summed E-state index contributed by atoms with van der Waals surface area (Å²) in [4.78, 5) is 12.8. The lowest BCUT2D eigenvalue weighted by atomic mass is 10.1. The van der Waals surface area contributed by atoms with E-state index in [-0.39, 0.29) is 5.91 Å². The fourth-order valence-electron chi connectivity index (χ4n) is 3.50. The first kappa shape index (κ1) is 16.9. The van der Waals surface area contributed by atoms with Crippen molar-refractivity contribution in [1.29, 1.82) is 0 Å². The van der Waals surface area contributed by atoms with Gasteiger partial charge < -0.3 is 15.4 Å². The van der Waals surface area contributed by atoms with Crippen LogP contribution in [0.1, 0.15) is 46.3 Å². The minimum absolute atomic E-state index is 0.253. The summed E-state index contributed by atoms with van der Waals surface area (Å²) < 4.78 is 7.16. The Labute approximate surface area is 160 Å². The molecule has 144 valence electrons. The highest BCUT2D eigenvalue weighted by molar-refractivity contribution is 6.04. The highest BCUT2D eigenvalue weighted by Gasteiger charge is 2.31. The minimum atomic E-state index is -0.253. The molecule has 10 heteroatoms. The van der Waals surface area contributed by atoms with E-state index in [0.29, 0.717) is 35.3 Å². The Morgan fingerprint density at radius 1 is 1.36 bits per heavy atom. The largest absolute Gasteiger partial charge is 0.494 e. The fourth-order valence-corrected chi connectivity index (χ4v) is 3.50. The van der Waals surface area contributed by atoms with Crippen molar-refractivity contribution in [1.82, 2.24) is 35.7 Å². The molecule has 3 N–H and O–H groups in total. The molecule has 0 unspecified atom stereocenters. The number of fused-ring (bicyclic) bond motifs is 1. The van der Waals surface area contributed by atoms with Gasteiger partial charge in [0.2, 0.25) is 0 Å². The van der Waals surface area contributed by atoms with Crippen molar-refractivity contribution in [3.63, 3.8) is 0 Å². The third-order valence-electron chi connectivity index (χ3n) is 5.12. The van der Waals surface area contributed by atoms with Crippen LogP contribution in [-0.2, 0) is 13.0 Å². The van der Waals surface area contributed by atoms with Crippen LogP contribution in [0.4, 0.5) is 5.69 Å². The maximum atomic E-state index is 12.8. The van der Waals surface area contributed by atoms with Crippen molar-refractivity contribution in [2.24, 2.45) is 0 Å². The molecule has 28 heavy (non-hydrogen) atoms. The molecule has 1 saturated carbocycles. The van der Waals surface area contributed by atoms with Crippen LogP contribution in [0.2, 0.25) is 0 Å². The standard InChI is InChI=1S/C18H20N8O2/c1-28-15-5-4-11(8-14(15)26-17(10-2-3-10)23-24-25-26)20-18(27)16-12-9-19-7-6-13(12)21-22-16/h4-5,8,10,19H,2-3,6-7,9H2,1H3,(H,20,27)(H,21,22). The number of aromatic nitrogens is 6. The van der Waals surface area contributed by atoms with Crippen LogP contribution in [0, 0.1) is 0 Å². The van der Waals surface area contributed by atoms with Crippen molar-refractivity contribution in [2.45, 2.75) is 31.7 Å². The third kappa shape index (κ3) is 2.91. The van der Waals surface area contributed by atoms with E-state index in [1.54, 1.807) is 23.9 Å². The molecule has 0 saturated heterocycles. The summed E-state index contributed by atoms with van der Waals surface area (Å²) in [6, 6.07) is 5.40. The summed E-state index contributed by atoms with van der Waals surface area (Å²) in [5.41, 5.74) is 3.67. The van der Waals surface area contributed by atoms with Crippen LogP contribution in [-0.4, -0.2) is 50.0 Å². The maximum Gasteiger partial charge on any atom is 0.276 e. The second-order valence-electron chi connectivity index (χ2n) is 7.02. The lowest BCUT2D eigenvalue weighted by Gasteiger charge is -2.14. The van der Waals surface area contributed by atoms with Gasteiger partial charge in [0.1, 0.15) is 11.4 Å². The summed E-state index contributed by atoms with van der Waals surface area (Å²) in [6.07, 6.45) is 3.00. The normalized spacial score (nSPS) is 15.9. The molecule has 0 atom stereocenters. The number of nitrogens with zero attached hydrogens (tertiary/aromatic N) is 5. The lowest BCUT2D eigenvalue weighted by Crippen LogP contribution is -2.25. The Kier molecular flexibility index (Phi) is 4.05. The first-order valence-electron chi connectivity index (χ1n) is 9.29. The zero-order valence-corrected chi connectivity index (χ0v) is 15.4. The average molecular weight is 380 g/mol. The molecule has 0 radical (unpaired) electrons. The first-order valence-corrected chi connectivity index (χ1v) is 9.29. The molecule has 0 bridgehead atoms. The number of hydrogen-bond donors (Lipinski definition) is 3. The van der Waals surface area contributed by atoms with E-state index in [9.17, 15) is 4.79 Å². The summed E-state index contributed by atoms with van der Waals surface area (Å²) in [5, 5.41) is 25.5.